The number of fused-ring (bicyclic) bond motifs is 3. The summed E-state index contributed by atoms with van der Waals surface area (Å²) in [4.78, 5) is 25.4. The summed E-state index contributed by atoms with van der Waals surface area (Å²) in [5, 5.41) is 4.22. The topological polar surface area (TPSA) is 67.2 Å². The van der Waals surface area contributed by atoms with Crippen LogP contribution >= 0.6 is 0 Å². The van der Waals surface area contributed by atoms with Crippen LogP contribution in [0.25, 0.3) is 0 Å². The highest BCUT2D eigenvalue weighted by atomic mass is 19.2. The summed E-state index contributed by atoms with van der Waals surface area (Å²) in [5.41, 5.74) is 1.93. The molecule has 1 fully saturated rings. The first-order valence-corrected chi connectivity index (χ1v) is 10.5. The molecule has 33 heavy (non-hydrogen) atoms. The maximum atomic E-state index is 13.4. The van der Waals surface area contributed by atoms with Crippen LogP contribution in [0.5, 0.6) is 0 Å². The molecule has 0 bridgehead atoms. The summed E-state index contributed by atoms with van der Waals surface area (Å²) >= 11 is 0. The molecule has 174 valence electrons. The van der Waals surface area contributed by atoms with E-state index < -0.39 is 17.5 Å². The van der Waals surface area contributed by atoms with Crippen molar-refractivity contribution in [1.82, 2.24) is 19.7 Å². The Morgan fingerprint density at radius 1 is 1.09 bits per heavy atom. The minimum Gasteiger partial charge on any atom is -0.343 e. The second kappa shape index (κ2) is 8.84. The van der Waals surface area contributed by atoms with Gasteiger partial charge in [0.15, 0.2) is 23.3 Å². The van der Waals surface area contributed by atoms with E-state index in [1.165, 1.54) is 0 Å². The zero-order valence-electron chi connectivity index (χ0n) is 17.4. The quantitative estimate of drug-likeness (QED) is 0.548. The van der Waals surface area contributed by atoms with E-state index in [0.717, 1.165) is 48.6 Å². The van der Waals surface area contributed by atoms with Gasteiger partial charge in [0.05, 0.1) is 18.9 Å². The van der Waals surface area contributed by atoms with Crippen molar-refractivity contribution in [3.63, 3.8) is 0 Å². The van der Waals surface area contributed by atoms with Gasteiger partial charge < -0.3 is 9.80 Å². The lowest BCUT2D eigenvalue weighted by Gasteiger charge is -2.36. The van der Waals surface area contributed by atoms with Gasteiger partial charge in [-0.15, -0.1) is 0 Å². The molecule has 1 atom stereocenters. The summed E-state index contributed by atoms with van der Waals surface area (Å²) < 4.78 is 41.5. The molecule has 3 aromatic rings. The number of hydrogen-bond donors (Lipinski definition) is 0. The standard InChI is InChI=1S/C22H21F3N6O.CH4/c1-29-18-10-26-19(28-21(18)31-6-2-3-17(31)22(29)32)5-4-13-9-27-30(11-13)12-14-7-15(23)20(25)16(24)8-14;/h7-11,17H,2-6,12H2,1H3;1H4/t17-;/m0./s1. The number of amides is 1. The Bertz CT molecular complexity index is 1170. The van der Waals surface area contributed by atoms with Crippen LogP contribution in [-0.4, -0.2) is 45.3 Å². The van der Waals surface area contributed by atoms with Crippen molar-refractivity contribution in [1.29, 1.82) is 0 Å². The van der Waals surface area contributed by atoms with Crippen molar-refractivity contribution in [2.45, 2.75) is 45.7 Å². The monoisotopic (exact) mass is 458 g/mol. The van der Waals surface area contributed by atoms with Crippen molar-refractivity contribution in [3.05, 3.63) is 65.1 Å². The van der Waals surface area contributed by atoms with Crippen LogP contribution in [-0.2, 0) is 24.2 Å². The molecule has 2 aliphatic rings. The van der Waals surface area contributed by atoms with Gasteiger partial charge in [-0.2, -0.15) is 5.10 Å². The maximum absolute atomic E-state index is 13.4. The molecule has 1 aromatic carbocycles. The van der Waals surface area contributed by atoms with Crippen molar-refractivity contribution >= 4 is 17.4 Å². The normalized spacial score (nSPS) is 17.1. The van der Waals surface area contributed by atoms with Crippen LogP contribution in [0.4, 0.5) is 24.7 Å². The summed E-state index contributed by atoms with van der Waals surface area (Å²) in [6.45, 7) is 0.936. The molecule has 2 aromatic heterocycles. The summed E-state index contributed by atoms with van der Waals surface area (Å²) in [6, 6.07) is 1.79. The largest absolute Gasteiger partial charge is 0.343 e. The van der Waals surface area contributed by atoms with Gasteiger partial charge >= 0.3 is 0 Å². The van der Waals surface area contributed by atoms with E-state index in [4.69, 9.17) is 4.98 Å². The molecular weight excluding hydrogens is 433 g/mol. The minimum absolute atomic E-state index is 0. The highest BCUT2D eigenvalue weighted by Gasteiger charge is 2.40. The number of carbonyl (C=O) groups is 1. The molecule has 0 N–H and O–H groups in total. The highest BCUT2D eigenvalue weighted by molar-refractivity contribution is 6.04. The van der Waals surface area contributed by atoms with E-state index in [-0.39, 0.29) is 31.5 Å². The number of carbonyl (C=O) groups excluding carboxylic acids is 1. The first kappa shape index (κ1) is 22.8. The van der Waals surface area contributed by atoms with Gasteiger partial charge in [0.1, 0.15) is 17.6 Å². The average molecular weight is 458 g/mol. The Morgan fingerprint density at radius 3 is 2.61 bits per heavy atom. The lowest BCUT2D eigenvalue weighted by molar-refractivity contribution is -0.119. The lowest BCUT2D eigenvalue weighted by atomic mass is 10.1. The zero-order valence-corrected chi connectivity index (χ0v) is 17.4. The number of aromatic nitrogens is 4. The molecule has 0 saturated carbocycles. The first-order valence-electron chi connectivity index (χ1n) is 10.5. The van der Waals surface area contributed by atoms with Gasteiger partial charge in [0, 0.05) is 26.2 Å². The van der Waals surface area contributed by atoms with Gasteiger partial charge in [0.25, 0.3) is 0 Å². The molecule has 4 heterocycles. The number of likely N-dealkylation sites (N-methyl/N-ethyl adjacent to an activating group) is 1. The van der Waals surface area contributed by atoms with E-state index in [0.29, 0.717) is 18.7 Å². The van der Waals surface area contributed by atoms with Crippen LogP contribution in [0.15, 0.2) is 30.7 Å². The van der Waals surface area contributed by atoms with Crippen LogP contribution < -0.4 is 9.80 Å². The van der Waals surface area contributed by atoms with Gasteiger partial charge in [-0.3, -0.25) is 9.48 Å². The smallest absolute Gasteiger partial charge is 0.249 e. The maximum Gasteiger partial charge on any atom is 0.249 e. The SMILES string of the molecule is C.CN1C(=O)[C@@H]2CCCN2c2nc(CCc3cnn(Cc4cc(F)c(F)c(F)c4)c3)ncc21. The zero-order chi connectivity index (χ0) is 22.4. The van der Waals surface area contributed by atoms with E-state index in [1.807, 2.05) is 0 Å². The van der Waals surface area contributed by atoms with Gasteiger partial charge in [-0.25, -0.2) is 23.1 Å². The number of anilines is 2. The van der Waals surface area contributed by atoms with Crippen LogP contribution in [0, 0.1) is 17.5 Å². The number of aryl methyl sites for hydroxylation is 2. The van der Waals surface area contributed by atoms with Crippen molar-refractivity contribution < 1.29 is 18.0 Å². The van der Waals surface area contributed by atoms with Crippen molar-refractivity contribution in [2.24, 2.45) is 0 Å². The molecule has 1 saturated heterocycles. The molecule has 2 aliphatic heterocycles. The van der Waals surface area contributed by atoms with Crippen LogP contribution in [0.2, 0.25) is 0 Å². The molecule has 7 nitrogen and oxygen atoms in total. The number of rotatable bonds is 5. The molecule has 10 heteroatoms. The molecule has 0 aliphatic carbocycles. The second-order valence-electron chi connectivity index (χ2n) is 8.16. The number of hydrogen-bond acceptors (Lipinski definition) is 5. The van der Waals surface area contributed by atoms with E-state index in [1.54, 1.807) is 35.2 Å². The van der Waals surface area contributed by atoms with Crippen molar-refractivity contribution in [2.75, 3.05) is 23.4 Å². The molecule has 0 spiro atoms. The van der Waals surface area contributed by atoms with Gasteiger partial charge in [0.2, 0.25) is 5.91 Å². The van der Waals surface area contributed by atoms with Crippen molar-refractivity contribution in [3.8, 4) is 0 Å². The van der Waals surface area contributed by atoms with Crippen LogP contribution in [0.3, 0.4) is 0 Å². The molecule has 1 amide bonds. The number of nitrogens with zero attached hydrogens (tertiary/aromatic N) is 6. The Hall–Kier alpha value is -3.43. The lowest BCUT2D eigenvalue weighted by Crippen LogP contribution is -2.49. The van der Waals surface area contributed by atoms with E-state index in [2.05, 4.69) is 15.0 Å². The molecule has 0 unspecified atom stereocenters. The third kappa shape index (κ3) is 4.17. The minimum atomic E-state index is -1.48. The fourth-order valence-corrected chi connectivity index (χ4v) is 4.35. The summed E-state index contributed by atoms with van der Waals surface area (Å²) in [5.74, 6) is -2.35. The highest BCUT2D eigenvalue weighted by Crippen LogP contribution is 2.37. The van der Waals surface area contributed by atoms with E-state index >= 15 is 0 Å². The first-order chi connectivity index (χ1) is 15.4. The average Bonchev–Trinajstić information content (AvgIpc) is 3.44. The predicted molar refractivity (Wildman–Crippen MR) is 118 cm³/mol. The Kier molecular flexibility index (Phi) is 6.09. The predicted octanol–water partition coefficient (Wildman–Crippen LogP) is 3.51. The third-order valence-electron chi connectivity index (χ3n) is 6.01. The number of halogens is 3. The number of benzene rings is 1. The summed E-state index contributed by atoms with van der Waals surface area (Å²) in [7, 11) is 1.76. The molecular formula is C23H25F3N6O. The van der Waals surface area contributed by atoms with Crippen LogP contribution in [0.1, 0.15) is 37.2 Å². The van der Waals surface area contributed by atoms with E-state index in [9.17, 15) is 18.0 Å². The molecule has 0 radical (unpaired) electrons. The Labute approximate surface area is 189 Å². The van der Waals surface area contributed by atoms with Gasteiger partial charge in [-0.05, 0) is 42.5 Å². The fraction of sp³-hybridized carbons (Fsp3) is 0.391. The summed E-state index contributed by atoms with van der Waals surface area (Å²) in [6.07, 6.45) is 8.16. The Balaban J connectivity index is 0.00000259. The van der Waals surface area contributed by atoms with Gasteiger partial charge in [-0.1, -0.05) is 7.43 Å². The fourth-order valence-electron chi connectivity index (χ4n) is 4.35. The Morgan fingerprint density at radius 2 is 1.85 bits per heavy atom. The second-order valence-corrected chi connectivity index (χ2v) is 8.16. The third-order valence-corrected chi connectivity index (χ3v) is 6.01. The molecule has 5 rings (SSSR count).